The smallest absolute Gasteiger partial charge is 0.267 e. The Morgan fingerprint density at radius 3 is 2.38 bits per heavy atom. The predicted octanol–water partition coefficient (Wildman–Crippen LogP) is 0.999. The molecule has 1 aromatic carbocycles. The van der Waals surface area contributed by atoms with Crippen molar-refractivity contribution >= 4 is 16.0 Å². The zero-order chi connectivity index (χ0) is 12.2. The second-order valence-corrected chi connectivity index (χ2v) is 4.61. The zero-order valence-electron chi connectivity index (χ0n) is 8.64. The average Bonchev–Trinajstić information content (AvgIpc) is 2.27. The van der Waals surface area contributed by atoms with E-state index < -0.39 is 16.0 Å². The molecular weight excluding hydrogens is 230 g/mol. The van der Waals surface area contributed by atoms with Gasteiger partial charge < -0.3 is 0 Å². The Balaban J connectivity index is 2.75. The van der Waals surface area contributed by atoms with Gasteiger partial charge in [-0.15, -0.1) is 4.28 Å². The van der Waals surface area contributed by atoms with E-state index in [1.165, 1.54) is 19.1 Å². The summed E-state index contributed by atoms with van der Waals surface area (Å²) in [4.78, 5) is 11.0. The van der Waals surface area contributed by atoms with Gasteiger partial charge in [-0.2, -0.15) is 8.42 Å². The number of hydrogen-bond acceptors (Lipinski definition) is 4. The first-order chi connectivity index (χ1) is 7.43. The lowest BCUT2D eigenvalue weighted by molar-refractivity contribution is -0.123. The Morgan fingerprint density at radius 1 is 1.31 bits per heavy atom. The second kappa shape index (κ2) is 4.91. The molecule has 1 rings (SSSR count). The Morgan fingerprint density at radius 2 is 1.88 bits per heavy atom. The molecule has 0 aliphatic carbocycles. The molecule has 5 nitrogen and oxygen atoms in total. The Bertz CT molecular complexity index is 493. The van der Waals surface area contributed by atoms with E-state index in [4.69, 9.17) is 0 Å². The maximum absolute atomic E-state index is 11.5. The Kier molecular flexibility index (Phi) is 3.81. The van der Waals surface area contributed by atoms with Crippen LogP contribution in [-0.4, -0.2) is 14.3 Å². The third-order valence-electron chi connectivity index (χ3n) is 1.66. The van der Waals surface area contributed by atoms with Gasteiger partial charge in [0.15, 0.2) is 0 Å². The van der Waals surface area contributed by atoms with Gasteiger partial charge in [-0.25, -0.2) is 5.48 Å². The van der Waals surface area contributed by atoms with Crippen molar-refractivity contribution in [1.29, 1.82) is 0 Å². The number of nitrogens with one attached hydrogen (secondary N) is 1. The van der Waals surface area contributed by atoms with E-state index in [0.29, 0.717) is 0 Å². The van der Waals surface area contributed by atoms with E-state index in [1.807, 2.05) is 0 Å². The maximum Gasteiger partial charge on any atom is 0.317 e. The quantitative estimate of drug-likeness (QED) is 0.630. The summed E-state index contributed by atoms with van der Waals surface area (Å²) >= 11 is 0. The van der Waals surface area contributed by atoms with E-state index in [0.717, 1.165) is 0 Å². The van der Waals surface area contributed by atoms with Gasteiger partial charge in [0, 0.05) is 5.57 Å². The van der Waals surface area contributed by atoms with Gasteiger partial charge in [0.25, 0.3) is 5.91 Å². The molecule has 86 valence electrons. The van der Waals surface area contributed by atoms with Crippen LogP contribution in [0.1, 0.15) is 6.92 Å². The van der Waals surface area contributed by atoms with Crippen LogP contribution in [0.3, 0.4) is 0 Å². The van der Waals surface area contributed by atoms with Gasteiger partial charge in [-0.1, -0.05) is 24.8 Å². The average molecular weight is 241 g/mol. The summed E-state index contributed by atoms with van der Waals surface area (Å²) < 4.78 is 27.3. The van der Waals surface area contributed by atoms with Crippen LogP contribution in [0.4, 0.5) is 0 Å². The molecule has 1 N–H and O–H groups in total. The molecule has 0 saturated heterocycles. The number of carbonyl (C=O) groups excluding carboxylic acids is 1. The third-order valence-corrected chi connectivity index (χ3v) is 2.82. The Labute approximate surface area is 93.8 Å². The van der Waals surface area contributed by atoms with Crippen molar-refractivity contribution in [3.8, 4) is 0 Å². The Hall–Kier alpha value is -1.66. The molecule has 0 heterocycles. The van der Waals surface area contributed by atoms with Gasteiger partial charge in [0.1, 0.15) is 0 Å². The number of amides is 1. The molecule has 0 fully saturated rings. The summed E-state index contributed by atoms with van der Waals surface area (Å²) in [7, 11) is -3.96. The molecule has 6 heteroatoms. The standard InChI is InChI=1S/C10H11NO4S/c1-8(2)10(12)11-15-16(13,14)9-6-4-3-5-7-9/h3-7H,1H2,2H3,(H,11,12). The zero-order valence-corrected chi connectivity index (χ0v) is 9.45. The summed E-state index contributed by atoms with van der Waals surface area (Å²) in [5.74, 6) is -0.681. The lowest BCUT2D eigenvalue weighted by Crippen LogP contribution is -2.27. The SMILES string of the molecule is C=C(C)C(=O)NOS(=O)(=O)c1ccccc1. The lowest BCUT2D eigenvalue weighted by Gasteiger charge is -2.05. The normalized spacial score (nSPS) is 10.8. The topological polar surface area (TPSA) is 72.5 Å². The molecule has 0 atom stereocenters. The first-order valence-corrected chi connectivity index (χ1v) is 5.78. The summed E-state index contributed by atoms with van der Waals surface area (Å²) in [6, 6.07) is 7.50. The third kappa shape index (κ3) is 3.18. The van der Waals surface area contributed by atoms with Crippen molar-refractivity contribution in [2.75, 3.05) is 0 Å². The van der Waals surface area contributed by atoms with Crippen LogP contribution >= 0.6 is 0 Å². The summed E-state index contributed by atoms with van der Waals surface area (Å²) in [5.41, 5.74) is 1.95. The number of carbonyl (C=O) groups is 1. The highest BCUT2D eigenvalue weighted by atomic mass is 32.2. The number of benzene rings is 1. The fourth-order valence-corrected chi connectivity index (χ4v) is 1.59. The molecular formula is C10H11NO4S. The second-order valence-electron chi connectivity index (χ2n) is 3.06. The minimum Gasteiger partial charge on any atom is -0.267 e. The molecule has 0 unspecified atom stereocenters. The van der Waals surface area contributed by atoms with Crippen molar-refractivity contribution in [1.82, 2.24) is 5.48 Å². The first-order valence-electron chi connectivity index (χ1n) is 4.38. The van der Waals surface area contributed by atoms with Gasteiger partial charge >= 0.3 is 10.1 Å². The minimum atomic E-state index is -3.96. The highest BCUT2D eigenvalue weighted by Gasteiger charge is 2.16. The monoisotopic (exact) mass is 241 g/mol. The van der Waals surface area contributed by atoms with Crippen LogP contribution in [0.5, 0.6) is 0 Å². The van der Waals surface area contributed by atoms with Gasteiger partial charge in [0.05, 0.1) is 4.90 Å². The molecule has 1 amide bonds. The van der Waals surface area contributed by atoms with Gasteiger partial charge in [-0.3, -0.25) is 4.79 Å². The van der Waals surface area contributed by atoms with E-state index in [1.54, 1.807) is 23.7 Å². The highest BCUT2D eigenvalue weighted by molar-refractivity contribution is 7.86. The summed E-state index contributed by atoms with van der Waals surface area (Å²) in [6.07, 6.45) is 0. The van der Waals surface area contributed by atoms with E-state index >= 15 is 0 Å². The summed E-state index contributed by atoms with van der Waals surface area (Å²) in [6.45, 7) is 4.78. The van der Waals surface area contributed by atoms with Gasteiger partial charge in [0.2, 0.25) is 0 Å². The molecule has 16 heavy (non-hydrogen) atoms. The molecule has 0 radical (unpaired) electrons. The number of rotatable bonds is 4. The van der Waals surface area contributed by atoms with Crippen molar-refractivity contribution in [2.24, 2.45) is 0 Å². The van der Waals surface area contributed by atoms with Crippen LogP contribution in [0, 0.1) is 0 Å². The van der Waals surface area contributed by atoms with Crippen molar-refractivity contribution in [2.45, 2.75) is 11.8 Å². The van der Waals surface area contributed by atoms with Crippen molar-refractivity contribution in [3.05, 3.63) is 42.5 Å². The lowest BCUT2D eigenvalue weighted by atomic mass is 10.3. The molecule has 0 aliphatic heterocycles. The van der Waals surface area contributed by atoms with E-state index in [9.17, 15) is 13.2 Å². The molecule has 0 aromatic heterocycles. The van der Waals surface area contributed by atoms with E-state index in [2.05, 4.69) is 10.9 Å². The fraction of sp³-hybridized carbons (Fsp3) is 0.100. The number of hydrogen-bond donors (Lipinski definition) is 1. The molecule has 0 bridgehead atoms. The predicted molar refractivity (Wildman–Crippen MR) is 57.7 cm³/mol. The molecule has 1 aromatic rings. The van der Waals surface area contributed by atoms with Gasteiger partial charge in [-0.05, 0) is 19.1 Å². The summed E-state index contributed by atoms with van der Waals surface area (Å²) in [5, 5.41) is 0. The molecule has 0 aliphatic rings. The van der Waals surface area contributed by atoms with Crippen molar-refractivity contribution < 1.29 is 17.5 Å². The molecule has 0 spiro atoms. The first kappa shape index (κ1) is 12.4. The van der Waals surface area contributed by atoms with E-state index in [-0.39, 0.29) is 10.5 Å². The largest absolute Gasteiger partial charge is 0.317 e. The van der Waals surface area contributed by atoms with Crippen LogP contribution in [-0.2, 0) is 19.2 Å². The number of hydroxylamine groups is 1. The molecule has 0 saturated carbocycles. The van der Waals surface area contributed by atoms with Crippen LogP contribution < -0.4 is 5.48 Å². The van der Waals surface area contributed by atoms with Crippen LogP contribution in [0.2, 0.25) is 0 Å². The van der Waals surface area contributed by atoms with Crippen molar-refractivity contribution in [3.63, 3.8) is 0 Å². The van der Waals surface area contributed by atoms with Crippen LogP contribution in [0.15, 0.2) is 47.4 Å². The highest BCUT2D eigenvalue weighted by Crippen LogP contribution is 2.09. The minimum absolute atomic E-state index is 0.0305. The van der Waals surface area contributed by atoms with Crippen LogP contribution in [0.25, 0.3) is 0 Å². The fourth-order valence-electron chi connectivity index (χ4n) is 0.815. The maximum atomic E-state index is 11.5.